The highest BCUT2D eigenvalue weighted by atomic mass is 32.2. The highest BCUT2D eigenvalue weighted by molar-refractivity contribution is 7.92. The van der Waals surface area contributed by atoms with Gasteiger partial charge in [-0.05, 0) is 60.2 Å². The van der Waals surface area contributed by atoms with Gasteiger partial charge in [-0.25, -0.2) is 8.42 Å². The summed E-state index contributed by atoms with van der Waals surface area (Å²) in [5.74, 6) is 1.34. The van der Waals surface area contributed by atoms with Crippen LogP contribution in [0, 0.1) is 0 Å². The molecule has 3 rings (SSSR count). The maximum Gasteiger partial charge on any atom is 0.261 e. The first-order valence-electron chi connectivity index (χ1n) is 9.82. The molecule has 8 nitrogen and oxygen atoms in total. The second kappa shape index (κ2) is 10.6. The predicted octanol–water partition coefficient (Wildman–Crippen LogP) is 4.17. The minimum atomic E-state index is -3.75. The molecule has 0 aliphatic carbocycles. The first-order chi connectivity index (χ1) is 15.8. The number of amides is 1. The van der Waals surface area contributed by atoms with Gasteiger partial charge in [0.25, 0.3) is 10.0 Å². The van der Waals surface area contributed by atoms with E-state index in [4.69, 9.17) is 14.2 Å². The molecule has 3 aromatic carbocycles. The quantitative estimate of drug-likeness (QED) is 0.457. The van der Waals surface area contributed by atoms with Crippen LogP contribution in [0.2, 0.25) is 0 Å². The Hall–Kier alpha value is -3.98. The van der Waals surface area contributed by atoms with Crippen molar-refractivity contribution in [3.8, 4) is 17.2 Å². The van der Waals surface area contributed by atoms with Crippen LogP contribution < -0.4 is 24.2 Å². The number of anilines is 2. The molecule has 172 valence electrons. The number of carbonyl (C=O) groups is 1. The van der Waals surface area contributed by atoms with Gasteiger partial charge in [0.05, 0.1) is 31.9 Å². The predicted molar refractivity (Wildman–Crippen MR) is 127 cm³/mol. The fraction of sp³-hybridized carbons (Fsp3) is 0.125. The number of carbonyl (C=O) groups excluding carboxylic acids is 1. The number of methoxy groups -OCH3 is 3. The summed E-state index contributed by atoms with van der Waals surface area (Å²) in [5.41, 5.74) is 1.58. The van der Waals surface area contributed by atoms with E-state index in [9.17, 15) is 13.2 Å². The van der Waals surface area contributed by atoms with E-state index in [2.05, 4.69) is 10.0 Å². The Morgan fingerprint density at radius 2 is 1.45 bits per heavy atom. The molecule has 0 bridgehead atoms. The van der Waals surface area contributed by atoms with Gasteiger partial charge >= 0.3 is 0 Å². The zero-order valence-corrected chi connectivity index (χ0v) is 19.2. The van der Waals surface area contributed by atoms with E-state index in [1.807, 2.05) is 0 Å². The molecule has 0 aromatic heterocycles. The summed E-state index contributed by atoms with van der Waals surface area (Å²) in [6.45, 7) is 0. The first-order valence-corrected chi connectivity index (χ1v) is 11.3. The molecule has 0 aliphatic heterocycles. The van der Waals surface area contributed by atoms with Gasteiger partial charge in [0.1, 0.15) is 17.2 Å². The number of nitrogens with one attached hydrogen (secondary N) is 2. The second-order valence-corrected chi connectivity index (χ2v) is 8.47. The van der Waals surface area contributed by atoms with Crippen LogP contribution in [0.3, 0.4) is 0 Å². The minimum absolute atomic E-state index is 0.0999. The number of rotatable bonds is 9. The molecule has 9 heteroatoms. The molecular weight excluding hydrogens is 444 g/mol. The van der Waals surface area contributed by atoms with Gasteiger partial charge in [-0.2, -0.15) is 0 Å². The minimum Gasteiger partial charge on any atom is -0.497 e. The lowest BCUT2D eigenvalue weighted by Crippen LogP contribution is -2.12. The Morgan fingerprint density at radius 3 is 2.06 bits per heavy atom. The summed E-state index contributed by atoms with van der Waals surface area (Å²) in [6, 6.07) is 17.8. The average molecular weight is 469 g/mol. The lowest BCUT2D eigenvalue weighted by Gasteiger charge is -2.10. The van der Waals surface area contributed by atoms with E-state index < -0.39 is 10.0 Å². The summed E-state index contributed by atoms with van der Waals surface area (Å²) >= 11 is 0. The normalized spacial score (nSPS) is 11.1. The first kappa shape index (κ1) is 23.7. The molecule has 2 N–H and O–H groups in total. The summed E-state index contributed by atoms with van der Waals surface area (Å²) in [5, 5.41) is 2.73. The monoisotopic (exact) mass is 468 g/mol. The van der Waals surface area contributed by atoms with Crippen molar-refractivity contribution in [1.82, 2.24) is 0 Å². The number of ether oxygens (including phenoxy) is 3. The van der Waals surface area contributed by atoms with Crippen molar-refractivity contribution >= 4 is 33.4 Å². The van der Waals surface area contributed by atoms with Crippen LogP contribution in [0.4, 0.5) is 11.4 Å². The van der Waals surface area contributed by atoms with E-state index in [0.29, 0.717) is 34.2 Å². The van der Waals surface area contributed by atoms with Crippen LogP contribution in [0.25, 0.3) is 6.08 Å². The summed E-state index contributed by atoms with van der Waals surface area (Å²) < 4.78 is 43.2. The Bertz CT molecular complexity index is 1240. The molecule has 33 heavy (non-hydrogen) atoms. The number of benzene rings is 3. The fourth-order valence-electron chi connectivity index (χ4n) is 2.88. The second-order valence-electron chi connectivity index (χ2n) is 6.79. The highest BCUT2D eigenvalue weighted by Crippen LogP contribution is 2.29. The summed E-state index contributed by atoms with van der Waals surface area (Å²) in [4.78, 5) is 12.4. The molecule has 0 heterocycles. The molecule has 0 saturated carbocycles. The Labute approximate surface area is 192 Å². The zero-order chi connectivity index (χ0) is 23.8. The number of hydrogen-bond acceptors (Lipinski definition) is 6. The Morgan fingerprint density at radius 1 is 0.818 bits per heavy atom. The van der Waals surface area contributed by atoms with Gasteiger partial charge in [-0.3, -0.25) is 9.52 Å². The van der Waals surface area contributed by atoms with E-state index >= 15 is 0 Å². The van der Waals surface area contributed by atoms with Crippen LogP contribution in [0.5, 0.6) is 17.2 Å². The zero-order valence-electron chi connectivity index (χ0n) is 18.4. The van der Waals surface area contributed by atoms with Crippen molar-refractivity contribution in [2.75, 3.05) is 31.4 Å². The molecular formula is C24H24N2O6S. The van der Waals surface area contributed by atoms with Crippen molar-refractivity contribution in [2.24, 2.45) is 0 Å². The van der Waals surface area contributed by atoms with Crippen LogP contribution in [-0.4, -0.2) is 35.7 Å². The molecule has 3 aromatic rings. The van der Waals surface area contributed by atoms with Crippen LogP contribution in [0.1, 0.15) is 5.56 Å². The lowest BCUT2D eigenvalue weighted by molar-refractivity contribution is -0.111. The fourth-order valence-corrected chi connectivity index (χ4v) is 3.94. The van der Waals surface area contributed by atoms with Gasteiger partial charge in [0, 0.05) is 17.8 Å². The third-order valence-electron chi connectivity index (χ3n) is 4.63. The standard InChI is InChI=1S/C24H24N2O6S/c1-30-19-9-7-18(8-10-19)26-33(28,29)21-12-4-17(5-13-21)6-15-24(27)25-22-14-11-20(31-2)16-23(22)32-3/h4-16,26H,1-3H3,(H,25,27)/b15-6+. The van der Waals surface area contributed by atoms with Gasteiger partial charge in [0.15, 0.2) is 0 Å². The lowest BCUT2D eigenvalue weighted by atomic mass is 10.2. The topological polar surface area (TPSA) is 103 Å². The van der Waals surface area contributed by atoms with E-state index in [1.165, 1.54) is 32.4 Å². The van der Waals surface area contributed by atoms with Gasteiger partial charge in [-0.1, -0.05) is 12.1 Å². The van der Waals surface area contributed by atoms with E-state index in [0.717, 1.165) is 0 Å². The maximum atomic E-state index is 12.6. The van der Waals surface area contributed by atoms with Gasteiger partial charge in [0.2, 0.25) is 5.91 Å². The third-order valence-corrected chi connectivity index (χ3v) is 6.02. The molecule has 0 saturated heterocycles. The average Bonchev–Trinajstić information content (AvgIpc) is 2.83. The number of sulfonamides is 1. The van der Waals surface area contributed by atoms with Crippen LogP contribution in [0.15, 0.2) is 77.7 Å². The van der Waals surface area contributed by atoms with Crippen molar-refractivity contribution in [3.63, 3.8) is 0 Å². The number of hydrogen-bond donors (Lipinski definition) is 2. The maximum absolute atomic E-state index is 12.6. The molecule has 0 atom stereocenters. The van der Waals surface area contributed by atoms with Gasteiger partial charge in [-0.15, -0.1) is 0 Å². The molecule has 0 radical (unpaired) electrons. The van der Waals surface area contributed by atoms with Crippen molar-refractivity contribution < 1.29 is 27.4 Å². The Kier molecular flexibility index (Phi) is 7.57. The summed E-state index contributed by atoms with van der Waals surface area (Å²) in [6.07, 6.45) is 2.93. The molecule has 0 unspecified atom stereocenters. The van der Waals surface area contributed by atoms with E-state index in [-0.39, 0.29) is 10.8 Å². The molecule has 1 amide bonds. The highest BCUT2D eigenvalue weighted by Gasteiger charge is 2.14. The smallest absolute Gasteiger partial charge is 0.261 e. The molecule has 0 aliphatic rings. The Balaban J connectivity index is 1.65. The molecule has 0 spiro atoms. The van der Waals surface area contributed by atoms with Crippen molar-refractivity contribution in [1.29, 1.82) is 0 Å². The van der Waals surface area contributed by atoms with Crippen LogP contribution >= 0.6 is 0 Å². The van der Waals surface area contributed by atoms with Crippen molar-refractivity contribution in [2.45, 2.75) is 4.90 Å². The van der Waals surface area contributed by atoms with Gasteiger partial charge < -0.3 is 19.5 Å². The third kappa shape index (κ3) is 6.27. The summed E-state index contributed by atoms with van der Waals surface area (Å²) in [7, 11) is 0.825. The largest absolute Gasteiger partial charge is 0.497 e. The van der Waals surface area contributed by atoms with Crippen molar-refractivity contribution in [3.05, 3.63) is 78.4 Å². The SMILES string of the molecule is COc1ccc(NS(=O)(=O)c2ccc(/C=C/C(=O)Nc3ccc(OC)cc3OC)cc2)cc1. The van der Waals surface area contributed by atoms with Crippen LogP contribution in [-0.2, 0) is 14.8 Å². The molecule has 0 fully saturated rings. The van der Waals surface area contributed by atoms with E-state index in [1.54, 1.807) is 67.8 Å².